The summed E-state index contributed by atoms with van der Waals surface area (Å²) in [5.74, 6) is 4.07. The van der Waals surface area contributed by atoms with Crippen LogP contribution in [0.3, 0.4) is 0 Å². The summed E-state index contributed by atoms with van der Waals surface area (Å²) in [5.41, 5.74) is 2.15. The van der Waals surface area contributed by atoms with E-state index in [1.165, 1.54) is 6.07 Å². The van der Waals surface area contributed by atoms with Crippen LogP contribution in [0.5, 0.6) is 0 Å². The summed E-state index contributed by atoms with van der Waals surface area (Å²) < 4.78 is 38.3. The van der Waals surface area contributed by atoms with Crippen LogP contribution in [0.15, 0.2) is 6.07 Å². The molecular weight excluding hydrogens is 303 g/mol. The highest BCUT2D eigenvalue weighted by molar-refractivity contribution is 7.99. The van der Waals surface area contributed by atoms with E-state index in [0.717, 1.165) is 25.7 Å². The molecule has 1 heterocycles. The number of halogens is 3. The molecule has 2 unspecified atom stereocenters. The van der Waals surface area contributed by atoms with Crippen molar-refractivity contribution >= 4 is 23.4 Å². The molecule has 0 spiro atoms. The SMILES string of the molecule is CSC1CCCCC1Nc1cc(NN)nc(C(F)(F)F)n1. The minimum Gasteiger partial charge on any atom is -0.366 e. The first-order valence-corrected chi connectivity index (χ1v) is 7.95. The second-order valence-electron chi connectivity index (χ2n) is 4.91. The first-order chi connectivity index (χ1) is 9.94. The van der Waals surface area contributed by atoms with Crippen molar-refractivity contribution in [2.24, 2.45) is 5.84 Å². The van der Waals surface area contributed by atoms with E-state index in [-0.39, 0.29) is 17.7 Å². The Morgan fingerprint density at radius 2 is 1.90 bits per heavy atom. The Bertz CT molecular complexity index is 482. The zero-order valence-corrected chi connectivity index (χ0v) is 12.4. The fourth-order valence-electron chi connectivity index (χ4n) is 2.46. The lowest BCUT2D eigenvalue weighted by atomic mass is 9.95. The number of alkyl halides is 3. The Labute approximate surface area is 125 Å². The maximum atomic E-state index is 12.8. The number of aromatic nitrogens is 2. The molecule has 1 saturated carbocycles. The summed E-state index contributed by atoms with van der Waals surface area (Å²) in [6.45, 7) is 0. The van der Waals surface area contributed by atoms with Gasteiger partial charge in [-0.2, -0.15) is 24.9 Å². The van der Waals surface area contributed by atoms with Gasteiger partial charge in [0, 0.05) is 17.4 Å². The van der Waals surface area contributed by atoms with Gasteiger partial charge in [-0.25, -0.2) is 15.8 Å². The molecule has 2 atom stereocenters. The van der Waals surface area contributed by atoms with Crippen LogP contribution in [-0.4, -0.2) is 27.5 Å². The molecule has 0 radical (unpaired) electrons. The highest BCUT2D eigenvalue weighted by atomic mass is 32.2. The van der Waals surface area contributed by atoms with Gasteiger partial charge in [0.1, 0.15) is 11.6 Å². The predicted octanol–water partition coefficient (Wildman–Crippen LogP) is 2.87. The second kappa shape index (κ2) is 6.69. The molecular formula is C12H18F3N5S. The number of nitrogens with one attached hydrogen (secondary N) is 2. The average Bonchev–Trinajstić information content (AvgIpc) is 2.46. The molecule has 1 aromatic heterocycles. The molecule has 21 heavy (non-hydrogen) atoms. The number of nitrogens with zero attached hydrogens (tertiary/aromatic N) is 2. The van der Waals surface area contributed by atoms with E-state index in [1.54, 1.807) is 11.8 Å². The van der Waals surface area contributed by atoms with E-state index in [9.17, 15) is 13.2 Å². The minimum atomic E-state index is -4.60. The van der Waals surface area contributed by atoms with Gasteiger partial charge >= 0.3 is 6.18 Å². The third-order valence-corrected chi connectivity index (χ3v) is 4.64. The number of rotatable bonds is 4. The van der Waals surface area contributed by atoms with Crippen molar-refractivity contribution in [3.8, 4) is 0 Å². The molecule has 0 bridgehead atoms. The summed E-state index contributed by atoms with van der Waals surface area (Å²) >= 11 is 1.72. The van der Waals surface area contributed by atoms with Crippen LogP contribution in [0.2, 0.25) is 0 Å². The number of hydrazine groups is 1. The van der Waals surface area contributed by atoms with Gasteiger partial charge in [-0.3, -0.25) is 0 Å². The summed E-state index contributed by atoms with van der Waals surface area (Å²) in [5, 5.41) is 3.47. The second-order valence-corrected chi connectivity index (χ2v) is 5.99. The van der Waals surface area contributed by atoms with Crippen LogP contribution in [0.1, 0.15) is 31.5 Å². The molecule has 4 N–H and O–H groups in total. The smallest absolute Gasteiger partial charge is 0.366 e. The maximum Gasteiger partial charge on any atom is 0.451 e. The average molecular weight is 321 g/mol. The minimum absolute atomic E-state index is 0.0589. The lowest BCUT2D eigenvalue weighted by molar-refractivity contribution is -0.144. The van der Waals surface area contributed by atoms with Crippen LogP contribution in [0.25, 0.3) is 0 Å². The van der Waals surface area contributed by atoms with Crippen LogP contribution in [-0.2, 0) is 6.18 Å². The van der Waals surface area contributed by atoms with Gasteiger partial charge in [0.05, 0.1) is 0 Å². The van der Waals surface area contributed by atoms with Gasteiger partial charge in [-0.1, -0.05) is 12.8 Å². The molecule has 0 aromatic carbocycles. The lowest BCUT2D eigenvalue weighted by Gasteiger charge is -2.31. The van der Waals surface area contributed by atoms with Crippen LogP contribution in [0, 0.1) is 0 Å². The molecule has 1 aromatic rings. The summed E-state index contributed by atoms with van der Waals surface area (Å²) in [6, 6.07) is 1.50. The predicted molar refractivity (Wildman–Crippen MR) is 78.0 cm³/mol. The Hall–Kier alpha value is -1.22. The van der Waals surface area contributed by atoms with Crippen LogP contribution in [0.4, 0.5) is 24.8 Å². The fourth-order valence-corrected chi connectivity index (χ4v) is 3.39. The number of hydrogen-bond acceptors (Lipinski definition) is 6. The van der Waals surface area contributed by atoms with Gasteiger partial charge in [0.25, 0.3) is 0 Å². The topological polar surface area (TPSA) is 75.9 Å². The summed E-state index contributed by atoms with van der Waals surface area (Å²) in [4.78, 5) is 6.90. The largest absolute Gasteiger partial charge is 0.451 e. The molecule has 9 heteroatoms. The Morgan fingerprint density at radius 1 is 1.24 bits per heavy atom. The van der Waals surface area contributed by atoms with Crippen molar-refractivity contribution in [2.75, 3.05) is 17.0 Å². The summed E-state index contributed by atoms with van der Waals surface area (Å²) in [6.07, 6.45) is 1.60. The quantitative estimate of drug-likeness (QED) is 0.585. The van der Waals surface area contributed by atoms with Gasteiger partial charge in [0.2, 0.25) is 5.82 Å². The van der Waals surface area contributed by atoms with E-state index in [2.05, 4.69) is 20.7 Å². The van der Waals surface area contributed by atoms with E-state index in [4.69, 9.17) is 5.84 Å². The van der Waals surface area contributed by atoms with Crippen molar-refractivity contribution in [2.45, 2.75) is 43.2 Å². The molecule has 0 aliphatic heterocycles. The summed E-state index contributed by atoms with van der Waals surface area (Å²) in [7, 11) is 0. The molecule has 5 nitrogen and oxygen atoms in total. The van der Waals surface area contributed by atoms with E-state index in [1.807, 2.05) is 6.26 Å². The zero-order valence-electron chi connectivity index (χ0n) is 11.6. The molecule has 1 fully saturated rings. The number of hydrogen-bond donors (Lipinski definition) is 3. The van der Waals surface area contributed by atoms with Crippen LogP contribution < -0.4 is 16.6 Å². The Balaban J connectivity index is 2.22. The van der Waals surface area contributed by atoms with E-state index in [0.29, 0.717) is 5.25 Å². The Morgan fingerprint density at radius 3 is 2.52 bits per heavy atom. The van der Waals surface area contributed by atoms with Crippen molar-refractivity contribution < 1.29 is 13.2 Å². The molecule has 1 aliphatic rings. The standard InChI is InChI=1S/C12H18F3N5S/c1-21-8-5-3-2-4-7(8)17-9-6-10(20-16)19-11(18-9)12(13,14)15/h6-8H,2-5,16H2,1H3,(H2,17,18,19,20). The number of nitrogens with two attached hydrogens (primary N) is 1. The fraction of sp³-hybridized carbons (Fsp3) is 0.667. The highest BCUT2D eigenvalue weighted by Crippen LogP contribution is 2.31. The third-order valence-electron chi connectivity index (χ3n) is 3.47. The van der Waals surface area contributed by atoms with Gasteiger partial charge in [-0.15, -0.1) is 0 Å². The third kappa shape index (κ3) is 4.13. The zero-order chi connectivity index (χ0) is 15.5. The molecule has 0 amide bonds. The van der Waals surface area contributed by atoms with Crippen molar-refractivity contribution in [3.05, 3.63) is 11.9 Å². The lowest BCUT2D eigenvalue weighted by Crippen LogP contribution is -2.35. The van der Waals surface area contributed by atoms with Crippen LogP contribution >= 0.6 is 11.8 Å². The number of nitrogen functional groups attached to an aromatic ring is 1. The number of anilines is 2. The monoisotopic (exact) mass is 321 g/mol. The molecule has 118 valence electrons. The molecule has 1 aliphatic carbocycles. The first kappa shape index (κ1) is 16.2. The molecule has 2 rings (SSSR count). The highest BCUT2D eigenvalue weighted by Gasteiger charge is 2.36. The normalized spacial score (nSPS) is 22.9. The van der Waals surface area contributed by atoms with Gasteiger partial charge in [-0.05, 0) is 19.1 Å². The Kier molecular flexibility index (Phi) is 5.15. The number of thioether (sulfide) groups is 1. The first-order valence-electron chi connectivity index (χ1n) is 6.66. The molecule has 0 saturated heterocycles. The van der Waals surface area contributed by atoms with Crippen molar-refractivity contribution in [3.63, 3.8) is 0 Å². The van der Waals surface area contributed by atoms with Crippen molar-refractivity contribution in [1.29, 1.82) is 0 Å². The van der Waals surface area contributed by atoms with Crippen molar-refractivity contribution in [1.82, 2.24) is 9.97 Å². The van der Waals surface area contributed by atoms with Gasteiger partial charge in [0.15, 0.2) is 0 Å². The van der Waals surface area contributed by atoms with Gasteiger partial charge < -0.3 is 10.7 Å². The van der Waals surface area contributed by atoms with E-state index < -0.39 is 12.0 Å². The van der Waals surface area contributed by atoms with E-state index >= 15 is 0 Å². The maximum absolute atomic E-state index is 12.8.